The van der Waals surface area contributed by atoms with Crippen LogP contribution in [0.15, 0.2) is 6.33 Å². The number of anilines is 2. The van der Waals surface area contributed by atoms with Crippen molar-refractivity contribution in [3.8, 4) is 0 Å². The minimum absolute atomic E-state index is 0.239. The van der Waals surface area contributed by atoms with Gasteiger partial charge in [-0.15, -0.1) is 0 Å². The van der Waals surface area contributed by atoms with Crippen LogP contribution in [0.4, 0.5) is 11.6 Å². The Balaban J connectivity index is 2.11. The highest BCUT2D eigenvalue weighted by molar-refractivity contribution is 5.58. The number of aromatic nitrogens is 2. The highest BCUT2D eigenvalue weighted by atomic mass is 15.2. The molecule has 2 rings (SSSR count). The minimum atomic E-state index is 0.239. The molecule has 0 bridgehead atoms. The molecule has 5 nitrogen and oxygen atoms in total. The van der Waals surface area contributed by atoms with Gasteiger partial charge in [-0.25, -0.2) is 9.97 Å². The summed E-state index contributed by atoms with van der Waals surface area (Å²) in [6, 6.07) is 0.565. The minimum Gasteiger partial charge on any atom is -0.369 e. The second kappa shape index (κ2) is 5.95. The largest absolute Gasteiger partial charge is 0.369 e. The predicted octanol–water partition coefficient (Wildman–Crippen LogP) is 2.04. The molecule has 0 amide bonds. The van der Waals surface area contributed by atoms with Crippen LogP contribution in [0.5, 0.6) is 0 Å². The average molecular weight is 277 g/mol. The third kappa shape index (κ3) is 3.60. The molecule has 5 heteroatoms. The molecule has 1 aliphatic rings. The monoisotopic (exact) mass is 277 g/mol. The highest BCUT2D eigenvalue weighted by Gasteiger charge is 2.24. The molecule has 0 saturated carbocycles. The van der Waals surface area contributed by atoms with Crippen molar-refractivity contribution in [1.29, 1.82) is 0 Å². The van der Waals surface area contributed by atoms with Crippen LogP contribution in [0.2, 0.25) is 0 Å². The quantitative estimate of drug-likeness (QED) is 0.882. The van der Waals surface area contributed by atoms with E-state index in [2.05, 4.69) is 53.2 Å². The summed E-state index contributed by atoms with van der Waals surface area (Å²) in [6.07, 6.45) is 2.84. The van der Waals surface area contributed by atoms with Gasteiger partial charge in [-0.1, -0.05) is 20.8 Å². The molecule has 20 heavy (non-hydrogen) atoms. The Labute approximate surface area is 122 Å². The van der Waals surface area contributed by atoms with E-state index in [9.17, 15) is 0 Å². The normalized spacial score (nSPS) is 19.4. The Morgan fingerprint density at radius 3 is 2.70 bits per heavy atom. The summed E-state index contributed by atoms with van der Waals surface area (Å²) in [5, 5.41) is 6.79. The summed E-state index contributed by atoms with van der Waals surface area (Å²) >= 11 is 0. The van der Waals surface area contributed by atoms with E-state index in [0.717, 1.165) is 36.8 Å². The van der Waals surface area contributed by atoms with E-state index in [1.54, 1.807) is 6.33 Å². The molecule has 1 saturated heterocycles. The van der Waals surface area contributed by atoms with Gasteiger partial charge in [0.25, 0.3) is 0 Å². The zero-order chi connectivity index (χ0) is 14.8. The SMILES string of the molecule is CN[C@@H]1CCN(c2ncnc(NCC(C)(C)C)c2C)C1. The number of nitrogens with one attached hydrogen (secondary N) is 2. The molecule has 2 N–H and O–H groups in total. The Bertz CT molecular complexity index is 452. The zero-order valence-corrected chi connectivity index (χ0v) is 13.3. The molecule has 0 aromatic carbocycles. The molecule has 0 radical (unpaired) electrons. The number of nitrogens with zero attached hydrogens (tertiary/aromatic N) is 3. The Morgan fingerprint density at radius 2 is 2.10 bits per heavy atom. The van der Waals surface area contributed by atoms with Gasteiger partial charge in [0.2, 0.25) is 0 Å². The van der Waals surface area contributed by atoms with Gasteiger partial charge in [0, 0.05) is 31.2 Å². The van der Waals surface area contributed by atoms with E-state index < -0.39 is 0 Å². The van der Waals surface area contributed by atoms with Crippen molar-refractivity contribution in [1.82, 2.24) is 15.3 Å². The Kier molecular flexibility index (Phi) is 4.48. The maximum absolute atomic E-state index is 4.48. The Hall–Kier alpha value is -1.36. The van der Waals surface area contributed by atoms with Crippen LogP contribution in [-0.4, -0.2) is 42.7 Å². The summed E-state index contributed by atoms with van der Waals surface area (Å²) in [5.74, 6) is 2.02. The van der Waals surface area contributed by atoms with Gasteiger partial charge in [0.05, 0.1) is 0 Å². The van der Waals surface area contributed by atoms with E-state index in [1.807, 2.05) is 7.05 Å². The van der Waals surface area contributed by atoms with Crippen LogP contribution in [-0.2, 0) is 0 Å². The van der Waals surface area contributed by atoms with Gasteiger partial charge in [-0.2, -0.15) is 0 Å². The first-order valence-electron chi connectivity index (χ1n) is 7.38. The maximum atomic E-state index is 4.48. The summed E-state index contributed by atoms with van der Waals surface area (Å²) in [7, 11) is 2.03. The van der Waals surface area contributed by atoms with Crippen molar-refractivity contribution in [2.24, 2.45) is 5.41 Å². The van der Waals surface area contributed by atoms with Crippen molar-refractivity contribution in [2.45, 2.75) is 40.2 Å². The molecule has 1 aromatic heterocycles. The molecular formula is C15H27N5. The molecule has 1 fully saturated rings. The second-order valence-corrected chi connectivity index (χ2v) is 6.81. The van der Waals surface area contributed by atoms with E-state index in [-0.39, 0.29) is 5.41 Å². The van der Waals surface area contributed by atoms with E-state index in [4.69, 9.17) is 0 Å². The molecule has 0 aliphatic carbocycles. The predicted molar refractivity (Wildman–Crippen MR) is 84.4 cm³/mol. The lowest BCUT2D eigenvalue weighted by Gasteiger charge is -2.23. The summed E-state index contributed by atoms with van der Waals surface area (Å²) in [6.45, 7) is 11.7. The lowest BCUT2D eigenvalue weighted by molar-refractivity contribution is 0.442. The van der Waals surface area contributed by atoms with E-state index in [1.165, 1.54) is 6.42 Å². The van der Waals surface area contributed by atoms with Crippen molar-refractivity contribution in [3.05, 3.63) is 11.9 Å². The third-order valence-corrected chi connectivity index (χ3v) is 3.74. The number of rotatable bonds is 4. The fourth-order valence-electron chi connectivity index (χ4n) is 2.48. The van der Waals surface area contributed by atoms with Crippen LogP contribution < -0.4 is 15.5 Å². The van der Waals surface area contributed by atoms with Gasteiger partial charge in [-0.3, -0.25) is 0 Å². The van der Waals surface area contributed by atoms with Gasteiger partial charge in [0.1, 0.15) is 18.0 Å². The van der Waals surface area contributed by atoms with Crippen molar-refractivity contribution in [2.75, 3.05) is 36.9 Å². The summed E-state index contributed by atoms with van der Waals surface area (Å²) in [5.41, 5.74) is 1.39. The van der Waals surface area contributed by atoms with E-state index in [0.29, 0.717) is 6.04 Å². The van der Waals surface area contributed by atoms with Gasteiger partial charge in [0.15, 0.2) is 0 Å². The average Bonchev–Trinajstić information content (AvgIpc) is 2.85. The third-order valence-electron chi connectivity index (χ3n) is 3.74. The molecule has 112 valence electrons. The first-order valence-corrected chi connectivity index (χ1v) is 7.38. The molecule has 1 atom stereocenters. The fourth-order valence-corrected chi connectivity index (χ4v) is 2.48. The van der Waals surface area contributed by atoms with Crippen molar-refractivity contribution < 1.29 is 0 Å². The number of likely N-dealkylation sites (N-methyl/N-ethyl adjacent to an activating group) is 1. The first-order chi connectivity index (χ1) is 9.40. The molecule has 0 spiro atoms. The lowest BCUT2D eigenvalue weighted by atomic mass is 9.97. The molecule has 2 heterocycles. The lowest BCUT2D eigenvalue weighted by Crippen LogP contribution is -2.30. The topological polar surface area (TPSA) is 53.1 Å². The van der Waals surface area contributed by atoms with Crippen LogP contribution in [0.3, 0.4) is 0 Å². The zero-order valence-electron chi connectivity index (χ0n) is 13.3. The Morgan fingerprint density at radius 1 is 1.35 bits per heavy atom. The van der Waals surface area contributed by atoms with Crippen LogP contribution in [0.1, 0.15) is 32.8 Å². The second-order valence-electron chi connectivity index (χ2n) is 6.81. The highest BCUT2D eigenvalue weighted by Crippen LogP contribution is 2.26. The number of hydrogen-bond acceptors (Lipinski definition) is 5. The summed E-state index contributed by atoms with van der Waals surface area (Å²) in [4.78, 5) is 11.2. The first kappa shape index (κ1) is 15.0. The molecule has 1 aromatic rings. The standard InChI is InChI=1S/C15H27N5/c1-11-13(17-9-15(2,3)4)18-10-19-14(11)20-7-6-12(8-20)16-5/h10,12,16H,6-9H2,1-5H3,(H,17,18,19)/t12-/m1/s1. The van der Waals surface area contributed by atoms with E-state index >= 15 is 0 Å². The van der Waals surface area contributed by atoms with Gasteiger partial charge < -0.3 is 15.5 Å². The van der Waals surface area contributed by atoms with Crippen molar-refractivity contribution in [3.63, 3.8) is 0 Å². The van der Waals surface area contributed by atoms with Crippen LogP contribution in [0, 0.1) is 12.3 Å². The smallest absolute Gasteiger partial charge is 0.137 e. The molecule has 0 unspecified atom stereocenters. The summed E-state index contributed by atoms with van der Waals surface area (Å²) < 4.78 is 0. The van der Waals surface area contributed by atoms with Crippen molar-refractivity contribution >= 4 is 11.6 Å². The van der Waals surface area contributed by atoms with Gasteiger partial charge >= 0.3 is 0 Å². The van der Waals surface area contributed by atoms with Gasteiger partial charge in [-0.05, 0) is 25.8 Å². The molecule has 1 aliphatic heterocycles. The maximum Gasteiger partial charge on any atom is 0.137 e. The van der Waals surface area contributed by atoms with Crippen LogP contribution >= 0.6 is 0 Å². The van der Waals surface area contributed by atoms with Crippen LogP contribution in [0.25, 0.3) is 0 Å². The molecular weight excluding hydrogens is 250 g/mol. The fraction of sp³-hybridized carbons (Fsp3) is 0.733. The number of hydrogen-bond donors (Lipinski definition) is 2.